The lowest BCUT2D eigenvalue weighted by atomic mass is 9.89. The Labute approximate surface area is 369 Å². The van der Waals surface area contributed by atoms with Gasteiger partial charge in [0.15, 0.2) is 0 Å². The Bertz CT molecular complexity index is 2770. The molecule has 0 spiro atoms. The predicted octanol–water partition coefficient (Wildman–Crippen LogP) is 4.89. The van der Waals surface area contributed by atoms with E-state index in [0.29, 0.717) is 55.2 Å². The first-order chi connectivity index (χ1) is 31.1. The van der Waals surface area contributed by atoms with Gasteiger partial charge in [-0.2, -0.15) is 5.10 Å². The number of aromatic nitrogens is 7. The number of likely N-dealkylation sites (tertiary alicyclic amines) is 1. The number of hydrogen-bond acceptors (Lipinski definition) is 12. The van der Waals surface area contributed by atoms with E-state index in [1.54, 1.807) is 18.5 Å². The van der Waals surface area contributed by atoms with Gasteiger partial charge in [-0.15, -0.1) is 10.2 Å². The summed E-state index contributed by atoms with van der Waals surface area (Å²) in [5.74, 6) is -0.502. The van der Waals surface area contributed by atoms with E-state index in [0.717, 1.165) is 97.1 Å². The zero-order chi connectivity index (χ0) is 43.9. The third-order valence-electron chi connectivity index (χ3n) is 13.1. The fourth-order valence-electron chi connectivity index (χ4n) is 9.53. The van der Waals surface area contributed by atoms with E-state index in [1.165, 1.54) is 11.6 Å². The number of amides is 3. The third-order valence-corrected chi connectivity index (χ3v) is 13.1. The first kappa shape index (κ1) is 41.2. The highest BCUT2D eigenvalue weighted by molar-refractivity contribution is 6.01. The van der Waals surface area contributed by atoms with Gasteiger partial charge in [-0.05, 0) is 110 Å². The summed E-state index contributed by atoms with van der Waals surface area (Å²) in [5, 5.41) is 19.6. The Kier molecular flexibility index (Phi) is 11.2. The zero-order valence-corrected chi connectivity index (χ0v) is 35.7. The highest BCUT2D eigenvalue weighted by atomic mass is 19.1. The topological polar surface area (TPSA) is 185 Å². The van der Waals surface area contributed by atoms with Crippen molar-refractivity contribution in [3.8, 4) is 11.3 Å². The smallest absolute Gasteiger partial charge is 0.255 e. The first-order valence-corrected chi connectivity index (χ1v) is 22.0. The van der Waals surface area contributed by atoms with Crippen molar-refractivity contribution in [2.75, 3.05) is 43.8 Å². The van der Waals surface area contributed by atoms with Crippen LogP contribution >= 0.6 is 0 Å². The van der Waals surface area contributed by atoms with Crippen LogP contribution in [0.25, 0.3) is 27.9 Å². The number of piperidine rings is 2. The number of carbonyl (C=O) groups is 3. The van der Waals surface area contributed by atoms with Crippen LogP contribution in [0.5, 0.6) is 0 Å². The summed E-state index contributed by atoms with van der Waals surface area (Å²) >= 11 is 0. The Morgan fingerprint density at radius 1 is 0.891 bits per heavy atom. The van der Waals surface area contributed by atoms with Crippen molar-refractivity contribution in [1.82, 2.24) is 54.5 Å². The molecule has 328 valence electrons. The fourth-order valence-corrected chi connectivity index (χ4v) is 9.53. The molecular formula is C47H50FN13O3. The van der Waals surface area contributed by atoms with Crippen molar-refractivity contribution >= 4 is 45.8 Å². The van der Waals surface area contributed by atoms with Gasteiger partial charge in [0, 0.05) is 80.9 Å². The molecule has 6 aromatic rings. The second kappa shape index (κ2) is 17.4. The summed E-state index contributed by atoms with van der Waals surface area (Å²) in [6.45, 7) is 6.44. The van der Waals surface area contributed by atoms with Gasteiger partial charge in [0.1, 0.15) is 23.3 Å². The molecule has 10 rings (SSSR count). The molecule has 0 bridgehead atoms. The Balaban J connectivity index is 0.703. The second-order valence-corrected chi connectivity index (χ2v) is 17.3. The second-order valence-electron chi connectivity index (χ2n) is 17.3. The number of benzene rings is 1. The number of nitrogens with zero attached hydrogens (tertiary/aromatic N) is 10. The van der Waals surface area contributed by atoms with E-state index in [2.05, 4.69) is 58.4 Å². The summed E-state index contributed by atoms with van der Waals surface area (Å²) in [5.41, 5.74) is 15.4. The predicted molar refractivity (Wildman–Crippen MR) is 239 cm³/mol. The van der Waals surface area contributed by atoms with Crippen LogP contribution in [0.1, 0.15) is 76.7 Å². The van der Waals surface area contributed by atoms with Gasteiger partial charge in [-0.3, -0.25) is 39.2 Å². The molecule has 0 aliphatic carbocycles. The molecule has 3 amide bonds. The molecule has 16 nitrogen and oxygen atoms in total. The first-order valence-electron chi connectivity index (χ1n) is 22.0. The summed E-state index contributed by atoms with van der Waals surface area (Å²) < 4.78 is 19.5. The molecule has 4 aliphatic rings. The van der Waals surface area contributed by atoms with E-state index in [-0.39, 0.29) is 35.9 Å². The van der Waals surface area contributed by atoms with Crippen molar-refractivity contribution in [1.29, 1.82) is 0 Å². The molecule has 1 aromatic carbocycles. The number of carbonyl (C=O) groups excluding carboxylic acids is 3. The molecule has 1 atom stereocenters. The Hall–Kier alpha value is -6.85. The van der Waals surface area contributed by atoms with E-state index in [1.807, 2.05) is 53.0 Å². The van der Waals surface area contributed by atoms with Crippen molar-refractivity contribution in [2.45, 2.75) is 70.2 Å². The van der Waals surface area contributed by atoms with Crippen LogP contribution in [0.2, 0.25) is 0 Å². The maximum Gasteiger partial charge on any atom is 0.255 e. The molecular weight excluding hydrogens is 814 g/mol. The molecule has 4 N–H and O–H groups in total. The largest absolute Gasteiger partial charge is 0.382 e. The van der Waals surface area contributed by atoms with Gasteiger partial charge >= 0.3 is 0 Å². The van der Waals surface area contributed by atoms with Crippen LogP contribution in [0.3, 0.4) is 0 Å². The van der Waals surface area contributed by atoms with Gasteiger partial charge in [-0.25, -0.2) is 9.37 Å². The zero-order valence-electron chi connectivity index (χ0n) is 35.7. The summed E-state index contributed by atoms with van der Waals surface area (Å²) in [6, 6.07) is 18.3. The number of nitrogens with one attached hydrogen (secondary N) is 2. The lowest BCUT2D eigenvalue weighted by Gasteiger charge is -2.32. The summed E-state index contributed by atoms with van der Waals surface area (Å²) in [4.78, 5) is 53.4. The van der Waals surface area contributed by atoms with Gasteiger partial charge in [-0.1, -0.05) is 12.1 Å². The Morgan fingerprint density at radius 3 is 2.50 bits per heavy atom. The van der Waals surface area contributed by atoms with Crippen LogP contribution in [0.15, 0.2) is 79.1 Å². The van der Waals surface area contributed by atoms with E-state index in [9.17, 15) is 14.4 Å². The lowest BCUT2D eigenvalue weighted by Crippen LogP contribution is -2.47. The molecule has 0 radical (unpaired) electrons. The molecule has 9 heterocycles. The van der Waals surface area contributed by atoms with Crippen molar-refractivity contribution in [2.24, 2.45) is 7.05 Å². The lowest BCUT2D eigenvalue weighted by molar-refractivity contribution is -0.133. The van der Waals surface area contributed by atoms with Crippen LogP contribution < -0.4 is 16.4 Å². The number of hydrogen-bond donors (Lipinski definition) is 3. The van der Waals surface area contributed by atoms with Crippen LogP contribution in [0.4, 0.5) is 15.9 Å². The van der Waals surface area contributed by atoms with Gasteiger partial charge in [0.25, 0.3) is 5.91 Å². The fraction of sp³-hybridized carbons (Fsp3) is 0.362. The standard InChI is InChI=1S/C47H50FN13O3/c1-57-34(24-38-37(10-15-50-45(38)57)41-6-8-43(49)55-54-41)27-59-18-13-30(14-19-59)40-5-2-31(25-51-40)47(64)60-20-21-61-35(28-60)22-33(56-61)26-58-16-11-29(12-17-58)36-4-3-32(23-39(36)48)52-42-7-9-44(62)53-46(42)63/h2-6,8,10,13,15,22-25,29,42,52H,7,9,11-12,14,16-21,26-28H2,1H3,(H2,49,55)(H,53,62,63). The molecule has 64 heavy (non-hydrogen) atoms. The van der Waals surface area contributed by atoms with E-state index >= 15 is 4.39 Å². The average Bonchev–Trinajstić information content (AvgIpc) is 3.86. The average molecular weight is 864 g/mol. The number of anilines is 2. The maximum atomic E-state index is 15.3. The minimum absolute atomic E-state index is 0.0398. The van der Waals surface area contributed by atoms with Gasteiger partial charge in [0.05, 0.1) is 41.4 Å². The number of aryl methyl sites for hydroxylation is 1. The van der Waals surface area contributed by atoms with Crippen molar-refractivity contribution in [3.63, 3.8) is 0 Å². The highest BCUT2D eigenvalue weighted by Crippen LogP contribution is 2.33. The molecule has 5 aromatic heterocycles. The van der Waals surface area contributed by atoms with Crippen molar-refractivity contribution in [3.05, 3.63) is 119 Å². The summed E-state index contributed by atoms with van der Waals surface area (Å²) in [7, 11) is 2.05. The SMILES string of the molecule is Cn1c(CN2CC=C(c3ccc(C(=O)N4CCn5nc(CN6CCC(c7ccc(NC8CCC(=O)NC8=O)cc7F)CC6)cc5C4)cn3)CC2)cc2c(-c3ccc(N)nn3)ccnc21. The monoisotopic (exact) mass is 863 g/mol. The minimum Gasteiger partial charge on any atom is -0.382 e. The maximum absolute atomic E-state index is 15.3. The van der Waals surface area contributed by atoms with Crippen LogP contribution in [0, 0.1) is 5.82 Å². The number of nitrogen functional groups attached to an aromatic ring is 1. The van der Waals surface area contributed by atoms with E-state index in [4.69, 9.17) is 15.8 Å². The molecule has 1 unspecified atom stereocenters. The molecule has 2 fully saturated rings. The number of imide groups is 1. The number of pyridine rings is 2. The van der Waals surface area contributed by atoms with Crippen LogP contribution in [-0.2, 0) is 42.8 Å². The molecule has 0 saturated carbocycles. The van der Waals surface area contributed by atoms with Crippen molar-refractivity contribution < 1.29 is 18.8 Å². The van der Waals surface area contributed by atoms with Gasteiger partial charge in [0.2, 0.25) is 11.8 Å². The number of nitrogens with two attached hydrogens (primary N) is 1. The molecule has 4 aliphatic heterocycles. The molecule has 17 heteroatoms. The minimum atomic E-state index is -0.555. The normalized spacial score (nSPS) is 18.8. The van der Waals surface area contributed by atoms with Gasteiger partial charge < -0.3 is 20.5 Å². The number of fused-ring (bicyclic) bond motifs is 2. The van der Waals surface area contributed by atoms with E-state index < -0.39 is 6.04 Å². The summed E-state index contributed by atoms with van der Waals surface area (Å²) in [6.07, 6.45) is 8.89. The Morgan fingerprint density at radius 2 is 1.75 bits per heavy atom. The highest BCUT2D eigenvalue weighted by Gasteiger charge is 2.29. The van der Waals surface area contributed by atoms with Crippen LogP contribution in [-0.4, -0.2) is 106 Å². The number of halogens is 1. The molecule has 2 saturated heterocycles. The quantitative estimate of drug-likeness (QED) is 0.159. The number of rotatable bonds is 10. The third kappa shape index (κ3) is 8.47.